The van der Waals surface area contributed by atoms with Gasteiger partial charge in [-0.25, -0.2) is 14.2 Å². The summed E-state index contributed by atoms with van der Waals surface area (Å²) in [5.41, 5.74) is 6.90. The Bertz CT molecular complexity index is 1330. The molecule has 9 nitrogen and oxygen atoms in total. The summed E-state index contributed by atoms with van der Waals surface area (Å²) >= 11 is 3.49. The maximum atomic E-state index is 14.3. The van der Waals surface area contributed by atoms with E-state index in [4.69, 9.17) is 5.73 Å². The molecular weight excluding hydrogens is 493 g/mol. The highest BCUT2D eigenvalue weighted by Gasteiger charge is 2.24. The summed E-state index contributed by atoms with van der Waals surface area (Å²) in [6.45, 7) is 4.32. The van der Waals surface area contributed by atoms with Crippen molar-refractivity contribution in [2.45, 2.75) is 6.54 Å². The molecule has 0 unspecified atom stereocenters. The van der Waals surface area contributed by atoms with Crippen LogP contribution in [0.1, 0.15) is 5.56 Å². The Hall–Kier alpha value is -2.60. The van der Waals surface area contributed by atoms with Gasteiger partial charge in [0.1, 0.15) is 11.6 Å². The lowest BCUT2D eigenvalue weighted by Crippen LogP contribution is -2.46. The molecule has 2 aromatic heterocycles. The predicted octanol–water partition coefficient (Wildman–Crippen LogP) is 1.28. The Morgan fingerprint density at radius 1 is 1.12 bits per heavy atom. The van der Waals surface area contributed by atoms with Gasteiger partial charge in [-0.05, 0) is 25.2 Å². The van der Waals surface area contributed by atoms with E-state index < -0.39 is 17.1 Å². The number of fused-ring (bicyclic) bond motifs is 1. The monoisotopic (exact) mass is 519 g/mol. The van der Waals surface area contributed by atoms with Crippen molar-refractivity contribution < 1.29 is 4.39 Å². The highest BCUT2D eigenvalue weighted by atomic mass is 79.9. The van der Waals surface area contributed by atoms with E-state index in [0.29, 0.717) is 33.6 Å². The fourth-order valence-corrected chi connectivity index (χ4v) is 4.59. The summed E-state index contributed by atoms with van der Waals surface area (Å²) in [5, 5.41) is 3.57. The molecule has 1 aromatic carbocycles. The predicted molar refractivity (Wildman–Crippen MR) is 131 cm³/mol. The Balaban J connectivity index is 1.97. The van der Waals surface area contributed by atoms with Gasteiger partial charge in [-0.15, -0.1) is 0 Å². The van der Waals surface area contributed by atoms with Crippen LogP contribution >= 0.6 is 15.9 Å². The molecule has 1 fully saturated rings. The molecule has 0 aliphatic carbocycles. The molecule has 0 saturated carbocycles. The number of aromatic nitrogens is 3. The van der Waals surface area contributed by atoms with Crippen LogP contribution in [0.2, 0.25) is 0 Å². The van der Waals surface area contributed by atoms with Crippen LogP contribution < -0.4 is 22.3 Å². The molecule has 0 bridgehead atoms. The number of hydrogen-bond donors (Lipinski definition) is 2. The number of halogens is 2. The van der Waals surface area contributed by atoms with Crippen LogP contribution in [0.5, 0.6) is 0 Å². The molecule has 1 aliphatic rings. The number of rotatable bonds is 5. The van der Waals surface area contributed by atoms with Crippen molar-refractivity contribution in [3.63, 3.8) is 0 Å². The molecule has 3 N–H and O–H groups in total. The van der Waals surface area contributed by atoms with Gasteiger partial charge in [0.2, 0.25) is 0 Å². The number of aryl methyl sites for hydroxylation is 1. The Morgan fingerprint density at radius 2 is 1.82 bits per heavy atom. The molecule has 1 aliphatic heterocycles. The molecular formula is C22H27BrFN7O2. The fourth-order valence-electron chi connectivity index (χ4n) is 4.15. The summed E-state index contributed by atoms with van der Waals surface area (Å²) in [5.74, 6) is 0.0214. The normalized spacial score (nSPS) is 15.3. The van der Waals surface area contributed by atoms with Crippen LogP contribution in [-0.4, -0.2) is 63.8 Å². The maximum absolute atomic E-state index is 14.3. The first-order valence-electron chi connectivity index (χ1n) is 10.7. The van der Waals surface area contributed by atoms with E-state index in [9.17, 15) is 14.0 Å². The van der Waals surface area contributed by atoms with Gasteiger partial charge in [-0.1, -0.05) is 15.9 Å². The smallest absolute Gasteiger partial charge is 0.332 e. The van der Waals surface area contributed by atoms with Gasteiger partial charge in [0, 0.05) is 68.0 Å². The maximum Gasteiger partial charge on any atom is 0.332 e. The second-order valence-electron chi connectivity index (χ2n) is 8.30. The summed E-state index contributed by atoms with van der Waals surface area (Å²) in [6, 6.07) is 4.27. The van der Waals surface area contributed by atoms with Crippen molar-refractivity contribution in [3.05, 3.63) is 54.9 Å². The van der Waals surface area contributed by atoms with E-state index in [-0.39, 0.29) is 17.6 Å². The number of likely N-dealkylation sites (N-methyl/N-ethyl adjacent to an activating group) is 1. The standard InChI is InChI=1S/C22H27BrFN7O2/c1-28-6-8-31(9-7-28)12-26-19-15(11-25)17(14-10-13(24)4-5-16(14)23)18-20(27-19)29(2)22(33)30(3)21(18)32/h4-5,10H,6-9,11-12,25H2,1-3H3,(H,26,27). The zero-order valence-electron chi connectivity index (χ0n) is 18.9. The number of nitrogens with one attached hydrogen (secondary N) is 1. The number of piperazine rings is 1. The van der Waals surface area contributed by atoms with Crippen LogP contribution in [0.4, 0.5) is 10.2 Å². The minimum atomic E-state index is -0.507. The average Bonchev–Trinajstić information content (AvgIpc) is 2.81. The van der Waals surface area contributed by atoms with Gasteiger partial charge in [-0.3, -0.25) is 18.8 Å². The third kappa shape index (κ3) is 4.33. The Morgan fingerprint density at radius 3 is 2.48 bits per heavy atom. The van der Waals surface area contributed by atoms with Gasteiger partial charge in [-0.2, -0.15) is 0 Å². The van der Waals surface area contributed by atoms with Crippen LogP contribution in [0.3, 0.4) is 0 Å². The van der Waals surface area contributed by atoms with Crippen LogP contribution in [0, 0.1) is 5.82 Å². The third-order valence-corrected chi connectivity index (χ3v) is 6.85. The highest BCUT2D eigenvalue weighted by Crippen LogP contribution is 2.37. The molecule has 3 heterocycles. The van der Waals surface area contributed by atoms with E-state index in [1.807, 2.05) is 0 Å². The van der Waals surface area contributed by atoms with Crippen LogP contribution in [0.25, 0.3) is 22.2 Å². The van der Waals surface area contributed by atoms with E-state index in [1.165, 1.54) is 23.7 Å². The van der Waals surface area contributed by atoms with Crippen molar-refractivity contribution in [2.24, 2.45) is 19.8 Å². The van der Waals surface area contributed by atoms with Gasteiger partial charge in [0.05, 0.1) is 12.1 Å². The third-order valence-electron chi connectivity index (χ3n) is 6.16. The molecule has 1 saturated heterocycles. The molecule has 176 valence electrons. The lowest BCUT2D eigenvalue weighted by molar-refractivity contribution is 0.162. The molecule has 33 heavy (non-hydrogen) atoms. The lowest BCUT2D eigenvalue weighted by Gasteiger charge is -2.32. The minimum Gasteiger partial charge on any atom is -0.357 e. The first kappa shape index (κ1) is 23.6. The molecule has 4 rings (SSSR count). The van der Waals surface area contributed by atoms with Crippen molar-refractivity contribution in [3.8, 4) is 11.1 Å². The molecule has 3 aromatic rings. The number of anilines is 1. The second kappa shape index (κ2) is 9.34. The van der Waals surface area contributed by atoms with E-state index >= 15 is 0 Å². The molecule has 0 spiro atoms. The highest BCUT2D eigenvalue weighted by molar-refractivity contribution is 9.10. The number of nitrogens with two attached hydrogens (primary N) is 1. The Labute approximate surface area is 198 Å². The lowest BCUT2D eigenvalue weighted by atomic mass is 9.97. The molecule has 0 atom stereocenters. The number of benzene rings is 1. The summed E-state index contributed by atoms with van der Waals surface area (Å²) in [7, 11) is 5.07. The van der Waals surface area contributed by atoms with Crippen molar-refractivity contribution in [2.75, 3.05) is 45.2 Å². The largest absolute Gasteiger partial charge is 0.357 e. The first-order chi connectivity index (χ1) is 15.7. The zero-order chi connectivity index (χ0) is 23.9. The van der Waals surface area contributed by atoms with Crippen molar-refractivity contribution in [1.82, 2.24) is 23.9 Å². The van der Waals surface area contributed by atoms with Gasteiger partial charge < -0.3 is 16.0 Å². The summed E-state index contributed by atoms with van der Waals surface area (Å²) in [6.07, 6.45) is 0. The average molecular weight is 520 g/mol. The van der Waals surface area contributed by atoms with E-state index in [1.54, 1.807) is 13.1 Å². The zero-order valence-corrected chi connectivity index (χ0v) is 20.4. The molecule has 0 radical (unpaired) electrons. The SMILES string of the molecule is CN1CCN(CNc2nc3c(c(-c4cc(F)ccc4Br)c2CN)c(=O)n(C)c(=O)n3C)CC1. The second-order valence-corrected chi connectivity index (χ2v) is 9.16. The van der Waals surface area contributed by atoms with E-state index in [0.717, 1.165) is 30.7 Å². The van der Waals surface area contributed by atoms with E-state index in [2.05, 4.69) is 43.1 Å². The van der Waals surface area contributed by atoms with Crippen molar-refractivity contribution >= 4 is 32.8 Å². The molecule has 11 heteroatoms. The fraction of sp³-hybridized carbons (Fsp3) is 0.409. The Kier molecular flexibility index (Phi) is 6.66. The quantitative estimate of drug-likeness (QED) is 0.523. The number of hydrogen-bond acceptors (Lipinski definition) is 7. The van der Waals surface area contributed by atoms with Gasteiger partial charge in [0.25, 0.3) is 5.56 Å². The van der Waals surface area contributed by atoms with Gasteiger partial charge >= 0.3 is 5.69 Å². The van der Waals surface area contributed by atoms with Gasteiger partial charge in [0.15, 0.2) is 5.65 Å². The van der Waals surface area contributed by atoms with Crippen LogP contribution in [0.15, 0.2) is 32.3 Å². The molecule has 0 amide bonds. The first-order valence-corrected chi connectivity index (χ1v) is 11.4. The topological polar surface area (TPSA) is 101 Å². The van der Waals surface area contributed by atoms with Crippen molar-refractivity contribution in [1.29, 1.82) is 0 Å². The number of nitrogens with zero attached hydrogens (tertiary/aromatic N) is 5. The summed E-state index contributed by atoms with van der Waals surface area (Å²) in [4.78, 5) is 35.0. The summed E-state index contributed by atoms with van der Waals surface area (Å²) < 4.78 is 17.2. The number of pyridine rings is 1. The van der Waals surface area contributed by atoms with Crippen LogP contribution in [-0.2, 0) is 20.6 Å². The minimum absolute atomic E-state index is 0.0678.